The van der Waals surface area contributed by atoms with E-state index in [1.54, 1.807) is 7.11 Å². The largest absolute Gasteiger partial charge is 0.382 e. The zero-order valence-electron chi connectivity index (χ0n) is 10.9. The first-order chi connectivity index (χ1) is 9.22. The summed E-state index contributed by atoms with van der Waals surface area (Å²) < 4.78 is 13.4. The number of nitrogens with zero attached hydrogens (tertiary/aromatic N) is 2. The van der Waals surface area contributed by atoms with Gasteiger partial charge in [-0.25, -0.2) is 4.98 Å². The van der Waals surface area contributed by atoms with E-state index in [0.717, 1.165) is 28.5 Å². The Labute approximate surface area is 120 Å². The van der Waals surface area contributed by atoms with E-state index < -0.39 is 0 Å². The maximum Gasteiger partial charge on any atom is 0.201 e. The molecule has 0 aliphatic rings. The average Bonchev–Trinajstić information content (AvgIpc) is 2.69. The van der Waals surface area contributed by atoms with Crippen LogP contribution in [0.3, 0.4) is 0 Å². The molecular formula is C13H18BrN3O2. The fourth-order valence-corrected chi connectivity index (χ4v) is 2.27. The van der Waals surface area contributed by atoms with E-state index in [1.807, 2.05) is 22.8 Å². The molecule has 1 aromatic heterocycles. The summed E-state index contributed by atoms with van der Waals surface area (Å²) in [6.07, 6.45) is 0.898. The topological polar surface area (TPSA) is 62.3 Å². The van der Waals surface area contributed by atoms with Crippen LogP contribution in [0.4, 0.5) is 5.95 Å². The lowest BCUT2D eigenvalue weighted by Gasteiger charge is -2.07. The van der Waals surface area contributed by atoms with Crippen molar-refractivity contribution in [2.45, 2.75) is 13.0 Å². The molecule has 1 heterocycles. The minimum atomic E-state index is 0.546. The van der Waals surface area contributed by atoms with Crippen LogP contribution in [0.15, 0.2) is 22.7 Å². The SMILES string of the molecule is COCCOCCCn1c(N)nc2cc(Br)ccc21. The van der Waals surface area contributed by atoms with Gasteiger partial charge in [0.2, 0.25) is 5.95 Å². The van der Waals surface area contributed by atoms with Crippen LogP contribution in [-0.4, -0.2) is 36.5 Å². The maximum atomic E-state index is 5.94. The lowest BCUT2D eigenvalue weighted by molar-refractivity contribution is 0.0682. The summed E-state index contributed by atoms with van der Waals surface area (Å²) in [7, 11) is 1.67. The lowest BCUT2D eigenvalue weighted by Crippen LogP contribution is -2.08. The smallest absolute Gasteiger partial charge is 0.201 e. The molecule has 0 bridgehead atoms. The molecule has 6 heteroatoms. The molecule has 5 nitrogen and oxygen atoms in total. The Balaban J connectivity index is 1.95. The van der Waals surface area contributed by atoms with Gasteiger partial charge in [-0.15, -0.1) is 0 Å². The van der Waals surface area contributed by atoms with Gasteiger partial charge >= 0.3 is 0 Å². The average molecular weight is 328 g/mol. The van der Waals surface area contributed by atoms with E-state index in [0.29, 0.717) is 25.8 Å². The standard InChI is InChI=1S/C13H18BrN3O2/c1-18-7-8-19-6-2-5-17-12-4-3-10(14)9-11(12)16-13(17)15/h3-4,9H,2,5-8H2,1H3,(H2,15,16). The Hall–Kier alpha value is -1.11. The van der Waals surface area contributed by atoms with Gasteiger partial charge in [0.05, 0.1) is 24.2 Å². The van der Waals surface area contributed by atoms with E-state index in [-0.39, 0.29) is 0 Å². The summed E-state index contributed by atoms with van der Waals surface area (Å²) >= 11 is 3.43. The molecule has 0 spiro atoms. The highest BCUT2D eigenvalue weighted by atomic mass is 79.9. The first kappa shape index (κ1) is 14.3. The Kier molecular flexibility index (Phi) is 5.18. The molecule has 19 heavy (non-hydrogen) atoms. The van der Waals surface area contributed by atoms with Gasteiger partial charge in [0.1, 0.15) is 0 Å². The number of nitrogen functional groups attached to an aromatic ring is 1. The molecule has 1 aromatic carbocycles. The summed E-state index contributed by atoms with van der Waals surface area (Å²) in [5.74, 6) is 0.546. The number of halogens is 1. The Morgan fingerprint density at radius 1 is 1.32 bits per heavy atom. The number of imidazole rings is 1. The number of methoxy groups -OCH3 is 1. The number of nitrogens with two attached hydrogens (primary N) is 1. The van der Waals surface area contributed by atoms with Crippen LogP contribution in [0.1, 0.15) is 6.42 Å². The van der Waals surface area contributed by atoms with Crippen LogP contribution in [0.5, 0.6) is 0 Å². The molecule has 2 N–H and O–H groups in total. The van der Waals surface area contributed by atoms with Crippen molar-refractivity contribution in [3.05, 3.63) is 22.7 Å². The molecule has 0 radical (unpaired) electrons. The summed E-state index contributed by atoms with van der Waals surface area (Å²) in [6, 6.07) is 5.99. The van der Waals surface area contributed by atoms with Gasteiger partial charge < -0.3 is 19.8 Å². The Bertz CT molecular complexity index is 542. The van der Waals surface area contributed by atoms with Gasteiger partial charge in [-0.1, -0.05) is 15.9 Å². The quantitative estimate of drug-likeness (QED) is 0.793. The molecule has 104 valence electrons. The van der Waals surface area contributed by atoms with Crippen molar-refractivity contribution in [2.24, 2.45) is 0 Å². The molecule has 0 amide bonds. The second-order valence-corrected chi connectivity index (χ2v) is 5.13. The second kappa shape index (κ2) is 6.88. The van der Waals surface area contributed by atoms with E-state index in [2.05, 4.69) is 20.9 Å². The number of anilines is 1. The number of aryl methyl sites for hydroxylation is 1. The van der Waals surface area contributed by atoms with E-state index in [4.69, 9.17) is 15.2 Å². The highest BCUT2D eigenvalue weighted by Gasteiger charge is 2.07. The van der Waals surface area contributed by atoms with Crippen LogP contribution in [-0.2, 0) is 16.0 Å². The third kappa shape index (κ3) is 3.68. The number of benzene rings is 1. The van der Waals surface area contributed by atoms with Crippen LogP contribution < -0.4 is 5.73 Å². The molecule has 2 aromatic rings. The van der Waals surface area contributed by atoms with Gasteiger partial charge in [0.25, 0.3) is 0 Å². The molecule has 0 fully saturated rings. The van der Waals surface area contributed by atoms with Gasteiger partial charge in [-0.05, 0) is 24.6 Å². The van der Waals surface area contributed by atoms with Gasteiger partial charge in [-0.2, -0.15) is 0 Å². The van der Waals surface area contributed by atoms with E-state index >= 15 is 0 Å². The number of aromatic nitrogens is 2. The molecule has 0 unspecified atom stereocenters. The van der Waals surface area contributed by atoms with Crippen LogP contribution in [0, 0.1) is 0 Å². The summed E-state index contributed by atoms with van der Waals surface area (Å²) in [6.45, 7) is 2.75. The van der Waals surface area contributed by atoms with Crippen molar-refractivity contribution in [1.29, 1.82) is 0 Å². The second-order valence-electron chi connectivity index (χ2n) is 4.21. The predicted octanol–water partition coefficient (Wildman–Crippen LogP) is 2.43. The first-order valence-electron chi connectivity index (χ1n) is 6.20. The van der Waals surface area contributed by atoms with E-state index in [1.165, 1.54) is 0 Å². The van der Waals surface area contributed by atoms with Crippen molar-refractivity contribution in [3.63, 3.8) is 0 Å². The molecule has 0 aliphatic carbocycles. The minimum absolute atomic E-state index is 0.546. The molecule has 0 saturated heterocycles. The summed E-state index contributed by atoms with van der Waals surface area (Å²) in [5.41, 5.74) is 7.90. The van der Waals surface area contributed by atoms with Crippen LogP contribution in [0.2, 0.25) is 0 Å². The van der Waals surface area contributed by atoms with Crippen molar-refractivity contribution in [3.8, 4) is 0 Å². The van der Waals surface area contributed by atoms with E-state index in [9.17, 15) is 0 Å². The van der Waals surface area contributed by atoms with Crippen molar-refractivity contribution in [1.82, 2.24) is 9.55 Å². The minimum Gasteiger partial charge on any atom is -0.382 e. The Morgan fingerprint density at radius 2 is 2.16 bits per heavy atom. The monoisotopic (exact) mass is 327 g/mol. The molecule has 2 rings (SSSR count). The molecule has 0 aliphatic heterocycles. The first-order valence-corrected chi connectivity index (χ1v) is 6.99. The van der Waals surface area contributed by atoms with Gasteiger partial charge in [0.15, 0.2) is 0 Å². The van der Waals surface area contributed by atoms with Crippen molar-refractivity contribution >= 4 is 32.9 Å². The zero-order valence-corrected chi connectivity index (χ0v) is 12.5. The van der Waals surface area contributed by atoms with Crippen molar-refractivity contribution in [2.75, 3.05) is 32.7 Å². The zero-order chi connectivity index (χ0) is 13.7. The summed E-state index contributed by atoms with van der Waals surface area (Å²) in [5, 5.41) is 0. The van der Waals surface area contributed by atoms with Crippen LogP contribution in [0.25, 0.3) is 11.0 Å². The highest BCUT2D eigenvalue weighted by molar-refractivity contribution is 9.10. The Morgan fingerprint density at radius 3 is 2.95 bits per heavy atom. The fourth-order valence-electron chi connectivity index (χ4n) is 1.93. The van der Waals surface area contributed by atoms with Gasteiger partial charge in [-0.3, -0.25) is 0 Å². The molecular weight excluding hydrogens is 310 g/mol. The molecule has 0 saturated carbocycles. The number of ether oxygens (including phenoxy) is 2. The number of hydrogen-bond acceptors (Lipinski definition) is 4. The highest BCUT2D eigenvalue weighted by Crippen LogP contribution is 2.22. The molecule has 0 atom stereocenters. The van der Waals surface area contributed by atoms with Crippen molar-refractivity contribution < 1.29 is 9.47 Å². The third-order valence-electron chi connectivity index (χ3n) is 2.84. The lowest BCUT2D eigenvalue weighted by atomic mass is 10.3. The number of fused-ring (bicyclic) bond motifs is 1. The maximum absolute atomic E-state index is 5.94. The predicted molar refractivity (Wildman–Crippen MR) is 79.2 cm³/mol. The number of hydrogen-bond donors (Lipinski definition) is 1. The fraction of sp³-hybridized carbons (Fsp3) is 0.462. The normalized spacial score (nSPS) is 11.3. The summed E-state index contributed by atoms with van der Waals surface area (Å²) in [4.78, 5) is 4.35. The van der Waals surface area contributed by atoms with Crippen LogP contribution >= 0.6 is 15.9 Å². The third-order valence-corrected chi connectivity index (χ3v) is 3.34. The number of rotatable bonds is 7. The van der Waals surface area contributed by atoms with Gasteiger partial charge in [0, 0.05) is 24.7 Å².